The lowest BCUT2D eigenvalue weighted by Crippen LogP contribution is -2.42. The van der Waals surface area contributed by atoms with Crippen LogP contribution in [0.2, 0.25) is 0 Å². The number of amides is 1. The van der Waals surface area contributed by atoms with E-state index in [0.29, 0.717) is 25.7 Å². The van der Waals surface area contributed by atoms with E-state index in [2.05, 4.69) is 28.3 Å². The molecule has 0 bridgehead atoms. The zero-order valence-electron chi connectivity index (χ0n) is 12.8. The van der Waals surface area contributed by atoms with Crippen LogP contribution in [-0.4, -0.2) is 46.7 Å². The number of ether oxygens (including phenoxy) is 1. The van der Waals surface area contributed by atoms with Crippen LogP contribution in [-0.2, 0) is 4.74 Å². The Hall–Kier alpha value is -1.89. The zero-order chi connectivity index (χ0) is 15.5. The molecule has 6 nitrogen and oxygen atoms in total. The van der Waals surface area contributed by atoms with Crippen molar-refractivity contribution in [3.8, 4) is 0 Å². The molecule has 3 rings (SSSR count). The quantitative estimate of drug-likeness (QED) is 0.941. The Kier molecular flexibility index (Phi) is 4.42. The Bertz CT molecular complexity index is 665. The summed E-state index contributed by atoms with van der Waals surface area (Å²) in [5.74, 6) is 0.893. The lowest BCUT2D eigenvalue weighted by Gasteiger charge is -2.31. The Morgan fingerprint density at radius 2 is 2.23 bits per heavy atom. The Labute approximate surface area is 133 Å². The molecule has 0 radical (unpaired) electrons. The van der Waals surface area contributed by atoms with Gasteiger partial charge in [0.05, 0.1) is 12.0 Å². The van der Waals surface area contributed by atoms with Crippen molar-refractivity contribution in [3.63, 3.8) is 0 Å². The summed E-state index contributed by atoms with van der Waals surface area (Å²) in [7, 11) is 0. The predicted octanol–water partition coefficient (Wildman–Crippen LogP) is 3.03. The minimum atomic E-state index is -0.209. The van der Waals surface area contributed by atoms with Gasteiger partial charge in [-0.3, -0.25) is 0 Å². The molecule has 1 fully saturated rings. The van der Waals surface area contributed by atoms with Gasteiger partial charge in [0.15, 0.2) is 0 Å². The number of nitrogens with one attached hydrogen (secondary N) is 1. The van der Waals surface area contributed by atoms with E-state index in [0.717, 1.165) is 28.9 Å². The fraction of sp³-hybridized carbons (Fsp3) is 0.533. The van der Waals surface area contributed by atoms with Crippen molar-refractivity contribution in [1.82, 2.24) is 14.9 Å². The van der Waals surface area contributed by atoms with Gasteiger partial charge in [-0.1, -0.05) is 0 Å². The Morgan fingerprint density at radius 3 is 2.95 bits per heavy atom. The smallest absolute Gasteiger partial charge is 0.409 e. The number of aryl methyl sites for hydroxylation is 1. The van der Waals surface area contributed by atoms with Crippen molar-refractivity contribution in [3.05, 3.63) is 17.3 Å². The van der Waals surface area contributed by atoms with E-state index < -0.39 is 0 Å². The number of anilines is 1. The molecule has 7 heteroatoms. The highest BCUT2D eigenvalue weighted by atomic mass is 32.1. The maximum Gasteiger partial charge on any atom is 0.409 e. The largest absolute Gasteiger partial charge is 0.450 e. The van der Waals surface area contributed by atoms with Gasteiger partial charge in [0.2, 0.25) is 0 Å². The summed E-state index contributed by atoms with van der Waals surface area (Å²) in [6, 6.07) is 2.44. The van der Waals surface area contributed by atoms with Gasteiger partial charge in [-0.15, -0.1) is 11.3 Å². The van der Waals surface area contributed by atoms with Crippen molar-refractivity contribution in [2.45, 2.75) is 32.7 Å². The van der Waals surface area contributed by atoms with Gasteiger partial charge in [-0.2, -0.15) is 0 Å². The summed E-state index contributed by atoms with van der Waals surface area (Å²) in [6.07, 6.45) is 3.19. The highest BCUT2D eigenvalue weighted by molar-refractivity contribution is 7.18. The van der Waals surface area contributed by atoms with E-state index in [1.54, 1.807) is 22.6 Å². The SMILES string of the molecule is CCOC(=O)N1CCC(Nc2ncnc3sc(C)cc23)CC1. The normalized spacial score (nSPS) is 16.0. The molecule has 3 heterocycles. The second kappa shape index (κ2) is 6.48. The zero-order valence-corrected chi connectivity index (χ0v) is 13.7. The molecule has 0 unspecified atom stereocenters. The first-order chi connectivity index (χ1) is 10.7. The first-order valence-corrected chi connectivity index (χ1v) is 8.38. The van der Waals surface area contributed by atoms with E-state index in [1.165, 1.54) is 4.88 Å². The molecular weight excluding hydrogens is 300 g/mol. The second-order valence-corrected chi connectivity index (χ2v) is 6.64. The number of hydrogen-bond acceptors (Lipinski definition) is 6. The van der Waals surface area contributed by atoms with Crippen LogP contribution in [0, 0.1) is 6.92 Å². The first-order valence-electron chi connectivity index (χ1n) is 7.56. The van der Waals surface area contributed by atoms with Gasteiger partial charge < -0.3 is 15.0 Å². The topological polar surface area (TPSA) is 67.3 Å². The Morgan fingerprint density at radius 1 is 1.45 bits per heavy atom. The number of thiophene rings is 1. The lowest BCUT2D eigenvalue weighted by atomic mass is 10.1. The summed E-state index contributed by atoms with van der Waals surface area (Å²) >= 11 is 1.68. The predicted molar refractivity (Wildman–Crippen MR) is 87.4 cm³/mol. The molecule has 2 aromatic rings. The fourth-order valence-electron chi connectivity index (χ4n) is 2.71. The van der Waals surface area contributed by atoms with Crippen molar-refractivity contribution >= 4 is 33.5 Å². The van der Waals surface area contributed by atoms with Crippen LogP contribution in [0.3, 0.4) is 0 Å². The number of carbonyl (C=O) groups is 1. The molecule has 0 aliphatic carbocycles. The van der Waals surface area contributed by atoms with Crippen LogP contribution >= 0.6 is 11.3 Å². The molecule has 0 aromatic carbocycles. The number of nitrogens with zero attached hydrogens (tertiary/aromatic N) is 3. The number of aromatic nitrogens is 2. The van der Waals surface area contributed by atoms with E-state index in [9.17, 15) is 4.79 Å². The third-order valence-corrected chi connectivity index (χ3v) is 4.77. The molecule has 2 aromatic heterocycles. The van der Waals surface area contributed by atoms with Gasteiger partial charge in [0.1, 0.15) is 17.0 Å². The van der Waals surface area contributed by atoms with Gasteiger partial charge >= 0.3 is 6.09 Å². The molecule has 1 aliphatic rings. The minimum absolute atomic E-state index is 0.209. The molecule has 0 atom stereocenters. The van der Waals surface area contributed by atoms with E-state index in [1.807, 2.05) is 6.92 Å². The molecule has 1 amide bonds. The standard InChI is InChI=1S/C15H20N4O2S/c1-3-21-15(20)19-6-4-11(5-7-19)18-13-12-8-10(2)22-14(12)17-9-16-13/h8-9,11H,3-7H2,1-2H3,(H,16,17,18). The van der Waals surface area contributed by atoms with Crippen LogP contribution < -0.4 is 5.32 Å². The monoisotopic (exact) mass is 320 g/mol. The summed E-state index contributed by atoms with van der Waals surface area (Å²) in [4.78, 5) is 24.4. The third kappa shape index (κ3) is 3.14. The van der Waals surface area contributed by atoms with Crippen molar-refractivity contribution in [2.24, 2.45) is 0 Å². The van der Waals surface area contributed by atoms with Gasteiger partial charge in [-0.25, -0.2) is 14.8 Å². The van der Waals surface area contributed by atoms with E-state index in [4.69, 9.17) is 4.74 Å². The third-order valence-electron chi connectivity index (χ3n) is 3.81. The fourth-order valence-corrected chi connectivity index (χ4v) is 3.55. The van der Waals surface area contributed by atoms with Crippen LogP contribution in [0.25, 0.3) is 10.2 Å². The van der Waals surface area contributed by atoms with E-state index in [-0.39, 0.29) is 6.09 Å². The maximum atomic E-state index is 11.7. The number of piperidine rings is 1. The van der Waals surface area contributed by atoms with Crippen LogP contribution in [0.5, 0.6) is 0 Å². The van der Waals surface area contributed by atoms with Gasteiger partial charge in [0.25, 0.3) is 0 Å². The lowest BCUT2D eigenvalue weighted by molar-refractivity contribution is 0.0983. The first kappa shape index (κ1) is 15.0. The second-order valence-electron chi connectivity index (χ2n) is 5.40. The number of hydrogen-bond donors (Lipinski definition) is 1. The maximum absolute atomic E-state index is 11.7. The molecule has 1 aliphatic heterocycles. The number of fused-ring (bicyclic) bond motifs is 1. The summed E-state index contributed by atoms with van der Waals surface area (Å²) in [5.41, 5.74) is 0. The average molecular weight is 320 g/mol. The molecular formula is C15H20N4O2S. The molecule has 0 spiro atoms. The average Bonchev–Trinajstić information content (AvgIpc) is 2.90. The molecule has 22 heavy (non-hydrogen) atoms. The molecule has 1 N–H and O–H groups in total. The van der Waals surface area contributed by atoms with Crippen LogP contribution in [0.15, 0.2) is 12.4 Å². The summed E-state index contributed by atoms with van der Waals surface area (Å²) < 4.78 is 5.04. The highest BCUT2D eigenvalue weighted by Gasteiger charge is 2.24. The van der Waals surface area contributed by atoms with Crippen LogP contribution in [0.1, 0.15) is 24.6 Å². The number of rotatable bonds is 3. The molecule has 1 saturated heterocycles. The summed E-state index contributed by atoms with van der Waals surface area (Å²) in [6.45, 7) is 5.76. The number of carbonyl (C=O) groups excluding carboxylic acids is 1. The highest BCUT2D eigenvalue weighted by Crippen LogP contribution is 2.28. The molecule has 118 valence electrons. The van der Waals surface area contributed by atoms with Crippen molar-refractivity contribution < 1.29 is 9.53 Å². The van der Waals surface area contributed by atoms with Crippen molar-refractivity contribution in [2.75, 3.05) is 25.0 Å². The summed E-state index contributed by atoms with van der Waals surface area (Å²) in [5, 5.41) is 4.59. The van der Waals surface area contributed by atoms with Crippen molar-refractivity contribution in [1.29, 1.82) is 0 Å². The minimum Gasteiger partial charge on any atom is -0.450 e. The number of likely N-dealkylation sites (tertiary alicyclic amines) is 1. The van der Waals surface area contributed by atoms with Gasteiger partial charge in [0, 0.05) is 24.0 Å². The van der Waals surface area contributed by atoms with Crippen LogP contribution in [0.4, 0.5) is 10.6 Å². The Balaban J connectivity index is 1.64. The van der Waals surface area contributed by atoms with Gasteiger partial charge in [-0.05, 0) is 32.8 Å². The molecule has 0 saturated carbocycles. The van der Waals surface area contributed by atoms with E-state index >= 15 is 0 Å².